The molecule has 0 radical (unpaired) electrons. The molecule has 0 saturated carbocycles. The second-order valence-electron chi connectivity index (χ2n) is 7.67. The van der Waals surface area contributed by atoms with Crippen LogP contribution >= 0.6 is 11.3 Å². The molecule has 0 bridgehead atoms. The first-order valence-corrected chi connectivity index (χ1v) is 11.9. The molecule has 0 spiro atoms. The highest BCUT2D eigenvalue weighted by Crippen LogP contribution is 2.44. The average molecular weight is 493 g/mol. The summed E-state index contributed by atoms with van der Waals surface area (Å²) < 4.78 is 10.5. The van der Waals surface area contributed by atoms with Crippen molar-refractivity contribution in [3.05, 3.63) is 81.9 Å². The van der Waals surface area contributed by atoms with Crippen molar-refractivity contribution >= 4 is 39.9 Å². The summed E-state index contributed by atoms with van der Waals surface area (Å²) in [6.45, 7) is 5.89. The fourth-order valence-electron chi connectivity index (χ4n) is 3.88. The Morgan fingerprint density at radius 1 is 1.06 bits per heavy atom. The number of hydrogen-bond donors (Lipinski definition) is 1. The lowest BCUT2D eigenvalue weighted by Gasteiger charge is -2.23. The third-order valence-corrected chi connectivity index (χ3v) is 6.59. The molecule has 180 valence electrons. The fraction of sp³-hybridized carbons (Fsp3) is 0.231. The van der Waals surface area contributed by atoms with Gasteiger partial charge in [-0.05, 0) is 50.6 Å². The maximum Gasteiger partial charge on any atom is 0.350 e. The van der Waals surface area contributed by atoms with Crippen molar-refractivity contribution in [2.45, 2.75) is 26.8 Å². The van der Waals surface area contributed by atoms with Crippen LogP contribution in [0.4, 0.5) is 5.13 Å². The Hall–Kier alpha value is -3.98. The molecular weight excluding hydrogens is 468 g/mol. The van der Waals surface area contributed by atoms with E-state index >= 15 is 0 Å². The van der Waals surface area contributed by atoms with Crippen molar-refractivity contribution < 1.29 is 29.0 Å². The summed E-state index contributed by atoms with van der Waals surface area (Å²) in [4.78, 5) is 44.7. The summed E-state index contributed by atoms with van der Waals surface area (Å²) in [5.74, 6) is -1.90. The third-order valence-electron chi connectivity index (χ3n) is 5.45. The number of ketones is 1. The summed E-state index contributed by atoms with van der Waals surface area (Å²) >= 11 is 0.972. The molecule has 35 heavy (non-hydrogen) atoms. The van der Waals surface area contributed by atoms with Crippen LogP contribution in [-0.4, -0.2) is 41.0 Å². The number of nitrogens with zero attached hydrogens (tertiary/aromatic N) is 2. The van der Waals surface area contributed by atoms with Gasteiger partial charge in [0.15, 0.2) is 5.13 Å². The van der Waals surface area contributed by atoms with E-state index in [-0.39, 0.29) is 27.9 Å². The van der Waals surface area contributed by atoms with Crippen molar-refractivity contribution in [2.24, 2.45) is 0 Å². The molecule has 1 aromatic heterocycles. The predicted octanol–water partition coefficient (Wildman–Crippen LogP) is 4.65. The molecule has 0 aliphatic carbocycles. The molecular formula is C26H24N2O6S. The molecule has 3 aromatic rings. The maximum atomic E-state index is 13.3. The van der Waals surface area contributed by atoms with Crippen LogP contribution in [0, 0.1) is 6.92 Å². The van der Waals surface area contributed by atoms with E-state index < -0.39 is 23.7 Å². The van der Waals surface area contributed by atoms with Crippen LogP contribution in [0.25, 0.3) is 5.76 Å². The Labute approximate surface area is 206 Å². The summed E-state index contributed by atoms with van der Waals surface area (Å²) in [7, 11) is 0. The van der Waals surface area contributed by atoms with E-state index in [4.69, 9.17) is 9.47 Å². The van der Waals surface area contributed by atoms with E-state index in [0.29, 0.717) is 29.2 Å². The van der Waals surface area contributed by atoms with Crippen LogP contribution in [0.15, 0.2) is 60.2 Å². The number of carbonyl (C=O) groups is 3. The molecule has 1 amide bonds. The molecule has 9 heteroatoms. The summed E-state index contributed by atoms with van der Waals surface area (Å²) in [5.41, 5.74) is 1.32. The van der Waals surface area contributed by atoms with Crippen molar-refractivity contribution in [1.82, 2.24) is 4.98 Å². The first-order valence-electron chi connectivity index (χ1n) is 11.1. The van der Waals surface area contributed by atoms with E-state index in [1.54, 1.807) is 62.4 Å². The number of aliphatic hydroxyl groups excluding tert-OH is 1. The first kappa shape index (κ1) is 24.2. The van der Waals surface area contributed by atoms with Gasteiger partial charge in [-0.25, -0.2) is 9.78 Å². The van der Waals surface area contributed by atoms with Gasteiger partial charge in [0, 0.05) is 5.56 Å². The molecule has 4 rings (SSSR count). The average Bonchev–Trinajstić information content (AvgIpc) is 3.37. The standard InChI is InChI=1S/C26H24N2O6S/c1-4-33-18-13-11-17(12-14-18)21(29)19-20(16-9-7-6-8-10-16)28(24(31)22(19)30)26-27-15(3)23(35-26)25(32)34-5-2/h6-14,20,29H,4-5H2,1-3H3/t20-/m0/s1. The van der Waals surface area contributed by atoms with Gasteiger partial charge in [-0.3, -0.25) is 14.5 Å². The zero-order valence-electron chi connectivity index (χ0n) is 19.5. The lowest BCUT2D eigenvalue weighted by molar-refractivity contribution is -0.132. The van der Waals surface area contributed by atoms with Gasteiger partial charge in [-0.2, -0.15) is 0 Å². The topological polar surface area (TPSA) is 106 Å². The molecule has 1 aliphatic heterocycles. The predicted molar refractivity (Wildman–Crippen MR) is 132 cm³/mol. The minimum atomic E-state index is -0.927. The summed E-state index contributed by atoms with van der Waals surface area (Å²) in [6, 6.07) is 14.6. The maximum absolute atomic E-state index is 13.3. The molecule has 1 aliphatic rings. The number of ether oxygens (including phenoxy) is 2. The van der Waals surface area contributed by atoms with E-state index in [1.165, 1.54) is 4.90 Å². The van der Waals surface area contributed by atoms with E-state index in [1.807, 2.05) is 13.0 Å². The largest absolute Gasteiger partial charge is 0.507 e. The second kappa shape index (κ2) is 10.1. The van der Waals surface area contributed by atoms with Crippen molar-refractivity contribution in [2.75, 3.05) is 18.1 Å². The molecule has 1 N–H and O–H groups in total. The van der Waals surface area contributed by atoms with Crippen molar-refractivity contribution in [1.29, 1.82) is 0 Å². The van der Waals surface area contributed by atoms with Crippen molar-refractivity contribution in [3.63, 3.8) is 0 Å². The summed E-state index contributed by atoms with van der Waals surface area (Å²) in [6.07, 6.45) is 0. The number of anilines is 1. The van der Waals surface area contributed by atoms with E-state index in [9.17, 15) is 19.5 Å². The van der Waals surface area contributed by atoms with Crippen LogP contribution in [-0.2, 0) is 14.3 Å². The summed E-state index contributed by atoms with van der Waals surface area (Å²) in [5, 5.41) is 11.4. The van der Waals surface area contributed by atoms with Gasteiger partial charge < -0.3 is 14.6 Å². The number of Topliss-reactive ketones (excluding diaryl/α,β-unsaturated/α-hetero) is 1. The van der Waals surface area contributed by atoms with E-state index in [0.717, 1.165) is 11.3 Å². The van der Waals surface area contributed by atoms with Gasteiger partial charge in [0.05, 0.1) is 30.5 Å². The van der Waals surface area contributed by atoms with Gasteiger partial charge >= 0.3 is 11.9 Å². The number of aromatic nitrogens is 1. The van der Waals surface area contributed by atoms with Crippen LogP contribution < -0.4 is 9.64 Å². The van der Waals surface area contributed by atoms with Crippen LogP contribution in [0.1, 0.15) is 46.4 Å². The highest BCUT2D eigenvalue weighted by atomic mass is 32.1. The number of rotatable bonds is 7. The molecule has 0 unspecified atom stereocenters. The van der Waals surface area contributed by atoms with Gasteiger partial charge in [0.2, 0.25) is 0 Å². The minimum absolute atomic E-state index is 0.0594. The molecule has 2 heterocycles. The first-order chi connectivity index (χ1) is 16.9. The minimum Gasteiger partial charge on any atom is -0.507 e. The second-order valence-corrected chi connectivity index (χ2v) is 8.65. The number of benzene rings is 2. The Morgan fingerprint density at radius 3 is 2.37 bits per heavy atom. The lowest BCUT2D eigenvalue weighted by atomic mass is 9.95. The smallest absolute Gasteiger partial charge is 0.350 e. The van der Waals surface area contributed by atoms with Crippen LogP contribution in [0.2, 0.25) is 0 Å². The number of carbonyl (C=O) groups excluding carboxylic acids is 3. The van der Waals surface area contributed by atoms with Gasteiger partial charge in [0.1, 0.15) is 16.4 Å². The monoisotopic (exact) mass is 492 g/mol. The SMILES string of the molecule is CCOC(=O)c1sc(N2C(=O)C(=O)C(=C(O)c3ccc(OCC)cc3)[C@@H]2c2ccccc2)nc1C. The number of esters is 1. The quantitative estimate of drug-likeness (QED) is 0.221. The van der Waals surface area contributed by atoms with Crippen LogP contribution in [0.5, 0.6) is 5.75 Å². The van der Waals surface area contributed by atoms with Gasteiger partial charge in [-0.15, -0.1) is 0 Å². The zero-order valence-corrected chi connectivity index (χ0v) is 20.3. The van der Waals surface area contributed by atoms with Crippen LogP contribution in [0.3, 0.4) is 0 Å². The Balaban J connectivity index is 1.85. The third kappa shape index (κ3) is 4.54. The molecule has 1 saturated heterocycles. The molecule has 8 nitrogen and oxygen atoms in total. The highest BCUT2D eigenvalue weighted by molar-refractivity contribution is 7.17. The highest BCUT2D eigenvalue weighted by Gasteiger charge is 2.48. The Bertz CT molecular complexity index is 1300. The number of aliphatic hydroxyl groups is 1. The lowest BCUT2D eigenvalue weighted by Crippen LogP contribution is -2.29. The van der Waals surface area contributed by atoms with Crippen molar-refractivity contribution in [3.8, 4) is 5.75 Å². The molecule has 2 aromatic carbocycles. The molecule has 1 atom stereocenters. The normalized spacial score (nSPS) is 17.0. The zero-order chi connectivity index (χ0) is 25.1. The Morgan fingerprint density at radius 2 is 1.74 bits per heavy atom. The number of amides is 1. The number of hydrogen-bond acceptors (Lipinski definition) is 8. The number of thiazole rings is 1. The fourth-order valence-corrected chi connectivity index (χ4v) is 4.87. The van der Waals surface area contributed by atoms with Gasteiger partial charge in [-0.1, -0.05) is 41.7 Å². The van der Waals surface area contributed by atoms with E-state index in [2.05, 4.69) is 4.98 Å². The van der Waals surface area contributed by atoms with Gasteiger partial charge in [0.25, 0.3) is 5.78 Å². The number of aryl methyl sites for hydroxylation is 1. The molecule has 1 fully saturated rings. The Kier molecular flexibility index (Phi) is 6.97.